The molecule has 19 heavy (non-hydrogen) atoms. The molecular weight excluding hydrogens is 261 g/mol. The van der Waals surface area contributed by atoms with Gasteiger partial charge in [0.2, 0.25) is 0 Å². The predicted molar refractivity (Wildman–Crippen MR) is 74.3 cm³/mol. The first-order chi connectivity index (χ1) is 9.17. The number of hydrogen-bond donors (Lipinski definition) is 1. The van der Waals surface area contributed by atoms with Crippen LogP contribution in [0.1, 0.15) is 37.1 Å². The third-order valence-corrected chi connectivity index (χ3v) is 4.73. The zero-order valence-corrected chi connectivity index (χ0v) is 11.4. The molecular formula is C14H16FN3S. The van der Waals surface area contributed by atoms with Crippen molar-refractivity contribution in [1.82, 2.24) is 9.97 Å². The van der Waals surface area contributed by atoms with E-state index in [1.165, 1.54) is 31.5 Å². The summed E-state index contributed by atoms with van der Waals surface area (Å²) < 4.78 is 12.9. The van der Waals surface area contributed by atoms with Gasteiger partial charge in [-0.05, 0) is 25.0 Å². The highest BCUT2D eigenvalue weighted by Gasteiger charge is 2.32. The first-order valence-corrected chi connectivity index (χ1v) is 7.42. The van der Waals surface area contributed by atoms with Crippen LogP contribution in [0.4, 0.5) is 4.39 Å². The lowest BCUT2D eigenvalue weighted by atomic mass is 9.83. The lowest BCUT2D eigenvalue weighted by Crippen LogP contribution is -2.38. The molecule has 0 atom stereocenters. The maximum absolute atomic E-state index is 12.9. The van der Waals surface area contributed by atoms with Crippen LogP contribution in [0, 0.1) is 5.82 Å². The van der Waals surface area contributed by atoms with Crippen molar-refractivity contribution in [2.45, 2.75) is 37.6 Å². The van der Waals surface area contributed by atoms with E-state index < -0.39 is 0 Å². The van der Waals surface area contributed by atoms with Gasteiger partial charge in [-0.1, -0.05) is 19.3 Å². The van der Waals surface area contributed by atoms with Gasteiger partial charge in [0.25, 0.3) is 0 Å². The second kappa shape index (κ2) is 4.98. The molecule has 1 aliphatic rings. The molecule has 0 radical (unpaired) electrons. The fraction of sp³-hybridized carbons (Fsp3) is 0.429. The van der Waals surface area contributed by atoms with Crippen molar-refractivity contribution in [3.63, 3.8) is 0 Å². The molecule has 100 valence electrons. The standard InChI is InChI=1S/C14H16FN3S/c15-10-4-5-11(17-8-10)12-9-19-13(18-12)14(16)6-2-1-3-7-14/h4-5,8-9H,1-3,6-7,16H2. The van der Waals surface area contributed by atoms with Gasteiger partial charge in [-0.2, -0.15) is 0 Å². The zero-order valence-electron chi connectivity index (χ0n) is 10.6. The zero-order chi connectivity index (χ0) is 13.3. The third-order valence-electron chi connectivity index (χ3n) is 3.67. The van der Waals surface area contributed by atoms with Crippen LogP contribution in [0.2, 0.25) is 0 Å². The molecule has 2 heterocycles. The SMILES string of the molecule is NC1(c2nc(-c3ccc(F)cn3)cs2)CCCCC1. The first kappa shape index (κ1) is 12.7. The number of nitrogens with two attached hydrogens (primary N) is 1. The van der Waals surface area contributed by atoms with Crippen molar-refractivity contribution < 1.29 is 4.39 Å². The summed E-state index contributed by atoms with van der Waals surface area (Å²) in [6.45, 7) is 0. The van der Waals surface area contributed by atoms with E-state index in [0.717, 1.165) is 23.5 Å². The monoisotopic (exact) mass is 277 g/mol. The molecule has 0 aromatic carbocycles. The summed E-state index contributed by atoms with van der Waals surface area (Å²) >= 11 is 1.58. The molecule has 1 fully saturated rings. The summed E-state index contributed by atoms with van der Waals surface area (Å²) in [5, 5.41) is 2.94. The van der Waals surface area contributed by atoms with Gasteiger partial charge in [0, 0.05) is 5.38 Å². The van der Waals surface area contributed by atoms with Gasteiger partial charge in [-0.25, -0.2) is 9.37 Å². The highest BCUT2D eigenvalue weighted by atomic mass is 32.1. The van der Waals surface area contributed by atoms with Crippen LogP contribution in [0.25, 0.3) is 11.4 Å². The Morgan fingerprint density at radius 1 is 1.16 bits per heavy atom. The summed E-state index contributed by atoms with van der Waals surface area (Å²) in [6.07, 6.45) is 6.80. The van der Waals surface area contributed by atoms with Gasteiger partial charge >= 0.3 is 0 Å². The van der Waals surface area contributed by atoms with Crippen molar-refractivity contribution in [3.05, 3.63) is 34.5 Å². The van der Waals surface area contributed by atoms with Crippen LogP contribution in [0.5, 0.6) is 0 Å². The number of thiazole rings is 1. The second-order valence-electron chi connectivity index (χ2n) is 5.12. The lowest BCUT2D eigenvalue weighted by molar-refractivity contribution is 0.301. The normalized spacial score (nSPS) is 18.4. The Hall–Kier alpha value is -1.33. The van der Waals surface area contributed by atoms with Crippen molar-refractivity contribution >= 4 is 11.3 Å². The molecule has 0 unspecified atom stereocenters. The van der Waals surface area contributed by atoms with Crippen LogP contribution in [-0.4, -0.2) is 9.97 Å². The molecule has 0 spiro atoms. The number of pyridine rings is 1. The summed E-state index contributed by atoms with van der Waals surface area (Å²) in [7, 11) is 0. The number of halogens is 1. The van der Waals surface area contributed by atoms with E-state index in [2.05, 4.69) is 9.97 Å². The first-order valence-electron chi connectivity index (χ1n) is 6.54. The number of rotatable bonds is 2. The number of hydrogen-bond acceptors (Lipinski definition) is 4. The van der Waals surface area contributed by atoms with Gasteiger partial charge in [0.1, 0.15) is 10.8 Å². The molecule has 1 saturated carbocycles. The van der Waals surface area contributed by atoms with Crippen LogP contribution in [0.3, 0.4) is 0 Å². The fourth-order valence-electron chi connectivity index (χ4n) is 2.54. The summed E-state index contributed by atoms with van der Waals surface area (Å²) in [6, 6.07) is 3.05. The molecule has 0 amide bonds. The minimum absolute atomic E-state index is 0.277. The Morgan fingerprint density at radius 3 is 2.63 bits per heavy atom. The van der Waals surface area contributed by atoms with E-state index in [4.69, 9.17) is 5.73 Å². The Balaban J connectivity index is 1.88. The molecule has 1 aliphatic carbocycles. The van der Waals surface area contributed by atoms with E-state index in [1.807, 2.05) is 5.38 Å². The maximum Gasteiger partial charge on any atom is 0.141 e. The summed E-state index contributed by atoms with van der Waals surface area (Å²) in [5.74, 6) is -0.332. The van der Waals surface area contributed by atoms with Crippen LogP contribution in [-0.2, 0) is 5.54 Å². The lowest BCUT2D eigenvalue weighted by Gasteiger charge is -2.31. The smallest absolute Gasteiger partial charge is 0.141 e. The molecule has 2 N–H and O–H groups in total. The third kappa shape index (κ3) is 2.53. The fourth-order valence-corrected chi connectivity index (χ4v) is 3.53. The Morgan fingerprint density at radius 2 is 1.95 bits per heavy atom. The van der Waals surface area contributed by atoms with Crippen LogP contribution >= 0.6 is 11.3 Å². The van der Waals surface area contributed by atoms with Crippen molar-refractivity contribution in [2.24, 2.45) is 5.73 Å². The average molecular weight is 277 g/mol. The molecule has 2 aromatic rings. The molecule has 0 saturated heterocycles. The van der Waals surface area contributed by atoms with Gasteiger partial charge in [0.15, 0.2) is 0 Å². The van der Waals surface area contributed by atoms with E-state index >= 15 is 0 Å². The van der Waals surface area contributed by atoms with Gasteiger partial charge in [-0.3, -0.25) is 4.98 Å². The maximum atomic E-state index is 12.9. The molecule has 0 aliphatic heterocycles. The number of aromatic nitrogens is 2. The van der Waals surface area contributed by atoms with Crippen LogP contribution < -0.4 is 5.73 Å². The van der Waals surface area contributed by atoms with Gasteiger partial charge < -0.3 is 5.73 Å². The van der Waals surface area contributed by atoms with Crippen LogP contribution in [0.15, 0.2) is 23.7 Å². The van der Waals surface area contributed by atoms with Gasteiger partial charge in [0.05, 0.1) is 23.1 Å². The predicted octanol–water partition coefficient (Wildman–Crippen LogP) is 3.46. The molecule has 5 heteroatoms. The van der Waals surface area contributed by atoms with Crippen molar-refractivity contribution in [2.75, 3.05) is 0 Å². The summed E-state index contributed by atoms with van der Waals surface area (Å²) in [4.78, 5) is 8.67. The van der Waals surface area contributed by atoms with E-state index in [0.29, 0.717) is 5.69 Å². The Bertz CT molecular complexity index is 558. The quantitative estimate of drug-likeness (QED) is 0.914. The average Bonchev–Trinajstić information content (AvgIpc) is 2.91. The Kier molecular flexibility index (Phi) is 3.33. The van der Waals surface area contributed by atoms with Crippen molar-refractivity contribution in [1.29, 1.82) is 0 Å². The molecule has 3 nitrogen and oxygen atoms in total. The minimum Gasteiger partial charge on any atom is -0.319 e. The van der Waals surface area contributed by atoms with E-state index in [9.17, 15) is 4.39 Å². The van der Waals surface area contributed by atoms with E-state index in [1.54, 1.807) is 17.4 Å². The van der Waals surface area contributed by atoms with E-state index in [-0.39, 0.29) is 11.4 Å². The van der Waals surface area contributed by atoms with Gasteiger partial charge in [-0.15, -0.1) is 11.3 Å². The second-order valence-corrected chi connectivity index (χ2v) is 5.97. The molecule has 0 bridgehead atoms. The highest BCUT2D eigenvalue weighted by molar-refractivity contribution is 7.10. The largest absolute Gasteiger partial charge is 0.319 e. The molecule has 2 aromatic heterocycles. The summed E-state index contributed by atoms with van der Waals surface area (Å²) in [5.41, 5.74) is 7.67. The highest BCUT2D eigenvalue weighted by Crippen LogP contribution is 2.37. The number of nitrogens with zero attached hydrogens (tertiary/aromatic N) is 2. The van der Waals surface area contributed by atoms with Crippen molar-refractivity contribution in [3.8, 4) is 11.4 Å². The Labute approximate surface area is 115 Å². The minimum atomic E-state index is -0.332. The molecule has 3 rings (SSSR count). The topological polar surface area (TPSA) is 51.8 Å².